The lowest BCUT2D eigenvalue weighted by Crippen LogP contribution is -2.12. The predicted octanol–water partition coefficient (Wildman–Crippen LogP) is 4.18. The van der Waals surface area contributed by atoms with E-state index in [0.29, 0.717) is 18.2 Å². The zero-order chi connectivity index (χ0) is 19.3. The minimum Gasteiger partial charge on any atom is -0.489 e. The second-order valence-electron chi connectivity index (χ2n) is 5.95. The Labute approximate surface area is 163 Å². The van der Waals surface area contributed by atoms with Crippen LogP contribution in [0.15, 0.2) is 77.7 Å². The maximum atomic E-state index is 11.3. The molecule has 140 valence electrons. The van der Waals surface area contributed by atoms with Crippen molar-refractivity contribution in [3.8, 4) is 5.75 Å². The Kier molecular flexibility index (Phi) is 6.01. The van der Waals surface area contributed by atoms with Gasteiger partial charge < -0.3 is 10.1 Å². The molecule has 0 aliphatic carbocycles. The van der Waals surface area contributed by atoms with E-state index in [-0.39, 0.29) is 4.90 Å². The minimum atomic E-state index is -3.68. The molecule has 0 heterocycles. The average Bonchev–Trinajstić information content (AvgIpc) is 2.66. The number of ether oxygens (including phenoxy) is 1. The minimum absolute atomic E-state index is 0.0861. The molecule has 7 heteroatoms. The SMILES string of the molecule is NS(=O)(=O)c1ccc(NCc2cccc(OCc3ccccc3Cl)c2)cc1. The average molecular weight is 403 g/mol. The highest BCUT2D eigenvalue weighted by molar-refractivity contribution is 7.89. The van der Waals surface area contributed by atoms with Gasteiger partial charge in [-0.3, -0.25) is 0 Å². The smallest absolute Gasteiger partial charge is 0.238 e. The lowest BCUT2D eigenvalue weighted by Gasteiger charge is -2.11. The van der Waals surface area contributed by atoms with Crippen LogP contribution in [0.1, 0.15) is 11.1 Å². The number of hydrogen-bond donors (Lipinski definition) is 2. The molecule has 3 N–H and O–H groups in total. The summed E-state index contributed by atoms with van der Waals surface area (Å²) in [5, 5.41) is 9.01. The van der Waals surface area contributed by atoms with Gasteiger partial charge in [0.2, 0.25) is 10.0 Å². The maximum absolute atomic E-state index is 11.3. The molecule has 0 aliphatic rings. The fourth-order valence-electron chi connectivity index (χ4n) is 2.49. The number of nitrogens with one attached hydrogen (secondary N) is 1. The Morgan fingerprint density at radius 1 is 0.963 bits per heavy atom. The van der Waals surface area contributed by atoms with Crippen molar-refractivity contribution in [1.82, 2.24) is 0 Å². The van der Waals surface area contributed by atoms with Crippen molar-refractivity contribution in [2.75, 3.05) is 5.32 Å². The molecule has 0 amide bonds. The molecule has 27 heavy (non-hydrogen) atoms. The van der Waals surface area contributed by atoms with E-state index in [1.165, 1.54) is 12.1 Å². The Balaban J connectivity index is 1.60. The van der Waals surface area contributed by atoms with Crippen LogP contribution in [0.4, 0.5) is 5.69 Å². The van der Waals surface area contributed by atoms with E-state index in [0.717, 1.165) is 22.6 Å². The van der Waals surface area contributed by atoms with Crippen LogP contribution in [0, 0.1) is 0 Å². The van der Waals surface area contributed by atoms with Crippen molar-refractivity contribution >= 4 is 27.3 Å². The summed E-state index contributed by atoms with van der Waals surface area (Å²) in [6, 6.07) is 21.6. The van der Waals surface area contributed by atoms with Crippen molar-refractivity contribution in [3.63, 3.8) is 0 Å². The maximum Gasteiger partial charge on any atom is 0.238 e. The normalized spacial score (nSPS) is 11.2. The molecule has 0 unspecified atom stereocenters. The van der Waals surface area contributed by atoms with Gasteiger partial charge in [0.25, 0.3) is 0 Å². The molecule has 3 aromatic carbocycles. The van der Waals surface area contributed by atoms with Crippen molar-refractivity contribution in [2.24, 2.45) is 5.14 Å². The van der Waals surface area contributed by atoms with E-state index >= 15 is 0 Å². The first-order valence-corrected chi connectivity index (χ1v) is 10.2. The third-order valence-electron chi connectivity index (χ3n) is 3.93. The van der Waals surface area contributed by atoms with Crippen molar-refractivity contribution < 1.29 is 13.2 Å². The molecule has 0 saturated carbocycles. The number of rotatable bonds is 7. The van der Waals surface area contributed by atoms with Gasteiger partial charge in [-0.25, -0.2) is 13.6 Å². The lowest BCUT2D eigenvalue weighted by atomic mass is 10.2. The van der Waals surface area contributed by atoms with Gasteiger partial charge in [0.05, 0.1) is 4.90 Å². The standard InChI is InChI=1S/C20H19ClN2O3S/c21-20-7-2-1-5-16(20)14-26-18-6-3-4-15(12-18)13-23-17-8-10-19(11-9-17)27(22,24)25/h1-12,23H,13-14H2,(H2,22,24,25). The van der Waals surface area contributed by atoms with E-state index in [1.807, 2.05) is 48.5 Å². The summed E-state index contributed by atoms with van der Waals surface area (Å²) in [7, 11) is -3.68. The highest BCUT2D eigenvalue weighted by atomic mass is 35.5. The largest absolute Gasteiger partial charge is 0.489 e. The van der Waals surface area contributed by atoms with Gasteiger partial charge in [0.15, 0.2) is 0 Å². The second-order valence-corrected chi connectivity index (χ2v) is 7.92. The first-order chi connectivity index (χ1) is 12.9. The zero-order valence-corrected chi connectivity index (χ0v) is 16.0. The van der Waals surface area contributed by atoms with Crippen LogP contribution >= 0.6 is 11.6 Å². The summed E-state index contributed by atoms with van der Waals surface area (Å²) >= 11 is 6.14. The van der Waals surface area contributed by atoms with Gasteiger partial charge in [0, 0.05) is 22.8 Å². The monoisotopic (exact) mass is 402 g/mol. The first-order valence-electron chi connectivity index (χ1n) is 8.24. The van der Waals surface area contributed by atoms with Gasteiger partial charge in [0.1, 0.15) is 12.4 Å². The second kappa shape index (κ2) is 8.43. The third kappa shape index (κ3) is 5.47. The summed E-state index contributed by atoms with van der Waals surface area (Å²) in [5.74, 6) is 0.749. The van der Waals surface area contributed by atoms with Crippen LogP contribution < -0.4 is 15.2 Å². The quantitative estimate of drug-likeness (QED) is 0.621. The van der Waals surface area contributed by atoms with Crippen LogP contribution in [0.5, 0.6) is 5.75 Å². The van der Waals surface area contributed by atoms with Crippen LogP contribution in [0.25, 0.3) is 0 Å². The number of primary sulfonamides is 1. The van der Waals surface area contributed by atoms with Crippen molar-refractivity contribution in [3.05, 3.63) is 88.9 Å². The van der Waals surface area contributed by atoms with Gasteiger partial charge in [-0.1, -0.05) is 41.9 Å². The molecule has 3 rings (SSSR count). The fraction of sp³-hybridized carbons (Fsp3) is 0.100. The topological polar surface area (TPSA) is 81.4 Å². The van der Waals surface area contributed by atoms with Crippen molar-refractivity contribution in [1.29, 1.82) is 0 Å². The van der Waals surface area contributed by atoms with E-state index in [1.54, 1.807) is 12.1 Å². The van der Waals surface area contributed by atoms with Gasteiger partial charge >= 0.3 is 0 Å². The van der Waals surface area contributed by atoms with Crippen LogP contribution in [-0.2, 0) is 23.2 Å². The molecular weight excluding hydrogens is 384 g/mol. The van der Waals surface area contributed by atoms with Crippen LogP contribution in [0.3, 0.4) is 0 Å². The molecule has 0 fully saturated rings. The molecule has 0 atom stereocenters. The van der Waals surface area contributed by atoms with Crippen LogP contribution in [-0.4, -0.2) is 8.42 Å². The van der Waals surface area contributed by atoms with Crippen molar-refractivity contribution in [2.45, 2.75) is 18.0 Å². The predicted molar refractivity (Wildman–Crippen MR) is 107 cm³/mol. The molecule has 0 bridgehead atoms. The fourth-order valence-corrected chi connectivity index (χ4v) is 3.19. The van der Waals surface area contributed by atoms with E-state index in [4.69, 9.17) is 21.5 Å². The third-order valence-corrected chi connectivity index (χ3v) is 5.23. The highest BCUT2D eigenvalue weighted by Crippen LogP contribution is 2.20. The summed E-state index contributed by atoms with van der Waals surface area (Å²) in [6.45, 7) is 0.962. The summed E-state index contributed by atoms with van der Waals surface area (Å²) in [5.41, 5.74) is 2.75. The Morgan fingerprint density at radius 2 is 1.70 bits per heavy atom. The first kappa shape index (κ1) is 19.2. The van der Waals surface area contributed by atoms with Gasteiger partial charge in [-0.05, 0) is 48.0 Å². The molecular formula is C20H19ClN2O3S. The number of benzene rings is 3. The summed E-state index contributed by atoms with van der Waals surface area (Å²) < 4.78 is 28.4. The van der Waals surface area contributed by atoms with Crippen LogP contribution in [0.2, 0.25) is 5.02 Å². The summed E-state index contributed by atoms with van der Waals surface area (Å²) in [4.78, 5) is 0.0861. The summed E-state index contributed by atoms with van der Waals surface area (Å²) in [6.07, 6.45) is 0. The number of sulfonamides is 1. The van der Waals surface area contributed by atoms with E-state index in [2.05, 4.69) is 5.32 Å². The van der Waals surface area contributed by atoms with Gasteiger partial charge in [-0.15, -0.1) is 0 Å². The van der Waals surface area contributed by atoms with E-state index < -0.39 is 10.0 Å². The lowest BCUT2D eigenvalue weighted by molar-refractivity contribution is 0.306. The van der Waals surface area contributed by atoms with Gasteiger partial charge in [-0.2, -0.15) is 0 Å². The molecule has 0 radical (unpaired) electrons. The number of halogens is 1. The number of hydrogen-bond acceptors (Lipinski definition) is 4. The molecule has 0 aromatic heterocycles. The molecule has 0 spiro atoms. The van der Waals surface area contributed by atoms with E-state index in [9.17, 15) is 8.42 Å². The number of anilines is 1. The Hall–Kier alpha value is -2.54. The molecule has 0 aliphatic heterocycles. The highest BCUT2D eigenvalue weighted by Gasteiger charge is 2.06. The number of nitrogens with two attached hydrogens (primary N) is 1. The zero-order valence-electron chi connectivity index (χ0n) is 14.4. The molecule has 3 aromatic rings. The molecule has 0 saturated heterocycles. The Morgan fingerprint density at radius 3 is 2.41 bits per heavy atom. The molecule has 5 nitrogen and oxygen atoms in total. The Bertz CT molecular complexity index is 1020.